The number of benzene rings is 2. The van der Waals surface area contributed by atoms with Crippen LogP contribution in [0.2, 0.25) is 0 Å². The molecule has 0 bridgehead atoms. The van der Waals surface area contributed by atoms with Crippen LogP contribution in [0.4, 0.5) is 10.1 Å². The number of carbonyl (C=O) groups is 1. The van der Waals surface area contributed by atoms with Gasteiger partial charge in [0, 0.05) is 11.3 Å². The SMILES string of the molecule is COc1ccc(C(=O)C(C)(C)c2ccc(N)cc2)cc1F. The summed E-state index contributed by atoms with van der Waals surface area (Å²) in [6, 6.07) is 11.4. The molecule has 0 radical (unpaired) electrons. The lowest BCUT2D eigenvalue weighted by molar-refractivity contribution is 0.0908. The van der Waals surface area contributed by atoms with E-state index in [1.807, 2.05) is 26.0 Å². The predicted molar refractivity (Wildman–Crippen MR) is 81.2 cm³/mol. The summed E-state index contributed by atoms with van der Waals surface area (Å²) in [6.45, 7) is 3.62. The fourth-order valence-corrected chi connectivity index (χ4v) is 2.20. The smallest absolute Gasteiger partial charge is 0.172 e. The molecular weight excluding hydrogens is 269 g/mol. The number of ether oxygens (including phenoxy) is 1. The third-order valence-electron chi connectivity index (χ3n) is 3.61. The first kappa shape index (κ1) is 15.0. The first-order valence-corrected chi connectivity index (χ1v) is 6.60. The van der Waals surface area contributed by atoms with Crippen LogP contribution < -0.4 is 10.5 Å². The van der Waals surface area contributed by atoms with Crippen LogP contribution in [0, 0.1) is 5.82 Å². The number of rotatable bonds is 4. The summed E-state index contributed by atoms with van der Waals surface area (Å²) in [4.78, 5) is 12.7. The van der Waals surface area contributed by atoms with Crippen molar-refractivity contribution >= 4 is 11.5 Å². The summed E-state index contributed by atoms with van der Waals surface area (Å²) in [5, 5.41) is 0. The first-order valence-electron chi connectivity index (χ1n) is 6.60. The third kappa shape index (κ3) is 2.89. The van der Waals surface area contributed by atoms with Crippen LogP contribution in [0.25, 0.3) is 0 Å². The summed E-state index contributed by atoms with van der Waals surface area (Å²) in [6.07, 6.45) is 0. The molecule has 21 heavy (non-hydrogen) atoms. The van der Waals surface area contributed by atoms with Crippen LogP contribution in [0.5, 0.6) is 5.75 Å². The molecule has 0 atom stereocenters. The Bertz CT molecular complexity index is 663. The van der Waals surface area contributed by atoms with E-state index >= 15 is 0 Å². The Morgan fingerprint density at radius 2 is 1.76 bits per heavy atom. The standard InChI is InChI=1S/C17H18FNO2/c1-17(2,12-5-7-13(19)8-6-12)16(20)11-4-9-15(21-3)14(18)10-11/h4-10H,19H2,1-3H3. The summed E-state index contributed by atoms with van der Waals surface area (Å²) in [5.41, 5.74) is 6.67. The number of ketones is 1. The van der Waals surface area contributed by atoms with E-state index in [-0.39, 0.29) is 11.5 Å². The van der Waals surface area contributed by atoms with Gasteiger partial charge in [-0.15, -0.1) is 0 Å². The predicted octanol–water partition coefficient (Wildman–Crippen LogP) is 3.58. The molecule has 3 nitrogen and oxygen atoms in total. The van der Waals surface area contributed by atoms with Gasteiger partial charge in [-0.2, -0.15) is 0 Å². The highest BCUT2D eigenvalue weighted by Gasteiger charge is 2.31. The lowest BCUT2D eigenvalue weighted by Crippen LogP contribution is -2.29. The summed E-state index contributed by atoms with van der Waals surface area (Å²) in [7, 11) is 1.39. The molecule has 0 aliphatic rings. The maximum absolute atomic E-state index is 13.8. The van der Waals surface area contributed by atoms with Crippen LogP contribution in [-0.4, -0.2) is 12.9 Å². The zero-order chi connectivity index (χ0) is 15.6. The van der Waals surface area contributed by atoms with E-state index in [0.29, 0.717) is 11.3 Å². The molecule has 0 heterocycles. The highest BCUT2D eigenvalue weighted by molar-refractivity contribution is 6.03. The minimum Gasteiger partial charge on any atom is -0.494 e. The Morgan fingerprint density at radius 1 is 1.14 bits per heavy atom. The molecule has 0 aliphatic heterocycles. The van der Waals surface area contributed by atoms with E-state index in [9.17, 15) is 9.18 Å². The Labute approximate surface area is 123 Å². The number of halogens is 1. The van der Waals surface area contributed by atoms with Crippen molar-refractivity contribution in [3.05, 3.63) is 59.4 Å². The van der Waals surface area contributed by atoms with Crippen molar-refractivity contribution in [3.8, 4) is 5.75 Å². The van der Waals surface area contributed by atoms with E-state index in [1.54, 1.807) is 18.2 Å². The van der Waals surface area contributed by atoms with Gasteiger partial charge >= 0.3 is 0 Å². The number of carbonyl (C=O) groups excluding carboxylic acids is 1. The van der Waals surface area contributed by atoms with Crippen LogP contribution in [0.15, 0.2) is 42.5 Å². The molecule has 110 valence electrons. The van der Waals surface area contributed by atoms with Crippen LogP contribution >= 0.6 is 0 Å². The molecule has 0 amide bonds. The van der Waals surface area contributed by atoms with Crippen molar-refractivity contribution in [3.63, 3.8) is 0 Å². The zero-order valence-electron chi connectivity index (χ0n) is 12.3. The highest BCUT2D eigenvalue weighted by atomic mass is 19.1. The molecule has 0 unspecified atom stereocenters. The van der Waals surface area contributed by atoms with Crippen molar-refractivity contribution in [2.75, 3.05) is 12.8 Å². The van der Waals surface area contributed by atoms with Gasteiger partial charge in [0.15, 0.2) is 17.3 Å². The number of hydrogen-bond acceptors (Lipinski definition) is 3. The van der Waals surface area contributed by atoms with Crippen molar-refractivity contribution < 1.29 is 13.9 Å². The lowest BCUT2D eigenvalue weighted by Gasteiger charge is -2.24. The molecule has 2 rings (SSSR count). The van der Waals surface area contributed by atoms with Gasteiger partial charge in [0.25, 0.3) is 0 Å². The first-order chi connectivity index (χ1) is 9.86. The third-order valence-corrected chi connectivity index (χ3v) is 3.61. The largest absolute Gasteiger partial charge is 0.494 e. The number of anilines is 1. The molecule has 0 aromatic heterocycles. The van der Waals surface area contributed by atoms with Gasteiger partial charge in [-0.25, -0.2) is 4.39 Å². The molecule has 4 heteroatoms. The molecule has 2 N–H and O–H groups in total. The van der Waals surface area contributed by atoms with E-state index in [2.05, 4.69) is 0 Å². The minimum atomic E-state index is -0.769. The van der Waals surface area contributed by atoms with E-state index < -0.39 is 11.2 Å². The van der Waals surface area contributed by atoms with Crippen molar-refractivity contribution in [1.29, 1.82) is 0 Å². The number of methoxy groups -OCH3 is 1. The number of hydrogen-bond donors (Lipinski definition) is 1. The van der Waals surface area contributed by atoms with Gasteiger partial charge in [0.2, 0.25) is 0 Å². The van der Waals surface area contributed by atoms with Crippen LogP contribution in [0.3, 0.4) is 0 Å². The fourth-order valence-electron chi connectivity index (χ4n) is 2.20. The molecular formula is C17H18FNO2. The second-order valence-corrected chi connectivity index (χ2v) is 5.43. The van der Waals surface area contributed by atoms with Gasteiger partial charge in [-0.05, 0) is 49.7 Å². The summed E-state index contributed by atoms with van der Waals surface area (Å²) >= 11 is 0. The molecule has 0 aliphatic carbocycles. The van der Waals surface area contributed by atoms with E-state index in [1.165, 1.54) is 19.2 Å². The number of nitrogen functional groups attached to an aromatic ring is 1. The Balaban J connectivity index is 2.37. The average molecular weight is 287 g/mol. The average Bonchev–Trinajstić information content (AvgIpc) is 2.46. The van der Waals surface area contributed by atoms with Gasteiger partial charge in [0.1, 0.15) is 0 Å². The second kappa shape index (κ2) is 5.56. The molecule has 2 aromatic rings. The Morgan fingerprint density at radius 3 is 2.29 bits per heavy atom. The van der Waals surface area contributed by atoms with Gasteiger partial charge in [0.05, 0.1) is 12.5 Å². The van der Waals surface area contributed by atoms with Gasteiger partial charge in [-0.3, -0.25) is 4.79 Å². The minimum absolute atomic E-state index is 0.122. The van der Waals surface area contributed by atoms with Gasteiger partial charge in [-0.1, -0.05) is 12.1 Å². The van der Waals surface area contributed by atoms with Gasteiger partial charge < -0.3 is 10.5 Å². The molecule has 0 saturated carbocycles. The molecule has 0 fully saturated rings. The maximum atomic E-state index is 13.8. The fraction of sp³-hybridized carbons (Fsp3) is 0.235. The highest BCUT2D eigenvalue weighted by Crippen LogP contribution is 2.29. The summed E-state index contributed by atoms with van der Waals surface area (Å²) in [5.74, 6) is -0.581. The van der Waals surface area contributed by atoms with E-state index in [4.69, 9.17) is 10.5 Å². The Hall–Kier alpha value is -2.36. The second-order valence-electron chi connectivity index (χ2n) is 5.43. The van der Waals surface area contributed by atoms with E-state index in [0.717, 1.165) is 5.56 Å². The van der Waals surface area contributed by atoms with Crippen molar-refractivity contribution in [2.24, 2.45) is 0 Å². The van der Waals surface area contributed by atoms with Crippen molar-refractivity contribution in [1.82, 2.24) is 0 Å². The monoisotopic (exact) mass is 287 g/mol. The molecule has 0 spiro atoms. The number of Topliss-reactive ketones (excluding diaryl/α,β-unsaturated/α-hetero) is 1. The summed E-state index contributed by atoms with van der Waals surface area (Å²) < 4.78 is 18.6. The topological polar surface area (TPSA) is 52.3 Å². The normalized spacial score (nSPS) is 11.2. The lowest BCUT2D eigenvalue weighted by atomic mass is 9.78. The van der Waals surface area contributed by atoms with Crippen LogP contribution in [-0.2, 0) is 5.41 Å². The quantitative estimate of drug-likeness (QED) is 0.690. The maximum Gasteiger partial charge on any atom is 0.172 e. The van der Waals surface area contributed by atoms with Crippen LogP contribution in [0.1, 0.15) is 29.8 Å². The Kier molecular flexibility index (Phi) is 3.98. The molecule has 2 aromatic carbocycles. The number of nitrogens with two attached hydrogens (primary N) is 1. The molecule has 0 saturated heterocycles. The van der Waals surface area contributed by atoms with Crippen molar-refractivity contribution in [2.45, 2.75) is 19.3 Å². The zero-order valence-corrected chi connectivity index (χ0v) is 12.3.